The highest BCUT2D eigenvalue weighted by Crippen LogP contribution is 2.34. The Morgan fingerprint density at radius 1 is 0.880 bits per heavy atom. The number of fused-ring (bicyclic) bond motifs is 1. The van der Waals surface area contributed by atoms with Gasteiger partial charge in [0.15, 0.2) is 0 Å². The summed E-state index contributed by atoms with van der Waals surface area (Å²) < 4.78 is 19.4. The molecule has 4 aromatic carbocycles. The number of halogens is 2. The molecule has 3 aliphatic rings. The number of hydrogen-bond acceptors (Lipinski definition) is 14. The second-order valence-corrected chi connectivity index (χ2v) is 23.9. The maximum Gasteiger partial charge on any atom is 0.248 e. The van der Waals surface area contributed by atoms with Gasteiger partial charge in [-0.3, -0.25) is 33.8 Å². The number of nitrogens with zero attached hydrogens (tertiary/aromatic N) is 7. The van der Waals surface area contributed by atoms with E-state index in [-0.39, 0.29) is 54.6 Å². The van der Waals surface area contributed by atoms with E-state index in [1.807, 2.05) is 92.7 Å². The molecule has 0 radical (unpaired) electrons. The number of likely N-dealkylation sites (tertiary alicyclic amines) is 2. The minimum atomic E-state index is -0.921. The molecule has 18 nitrogen and oxygen atoms in total. The number of hydrogen-bond donors (Lipinski definition) is 5. The van der Waals surface area contributed by atoms with Crippen LogP contribution in [0.5, 0.6) is 5.75 Å². The lowest BCUT2D eigenvalue weighted by atomic mass is 9.85. The van der Waals surface area contributed by atoms with E-state index in [1.54, 1.807) is 29.5 Å². The average molecular weight is 1170 g/mol. The van der Waals surface area contributed by atoms with Gasteiger partial charge in [-0.15, -0.1) is 11.3 Å². The normalized spacial score (nSPS) is 17.6. The summed E-state index contributed by atoms with van der Waals surface area (Å²) in [6.07, 6.45) is 7.66. The van der Waals surface area contributed by atoms with Gasteiger partial charge in [0.05, 0.1) is 45.5 Å². The molecule has 0 spiro atoms. The molecule has 9 rings (SSSR count). The Balaban J connectivity index is 0.663. The summed E-state index contributed by atoms with van der Waals surface area (Å²) in [4.78, 5) is 90.1. The van der Waals surface area contributed by atoms with Crippen LogP contribution in [0.25, 0.3) is 21.3 Å². The highest BCUT2D eigenvalue weighted by molar-refractivity contribution is 7.13. The van der Waals surface area contributed by atoms with Gasteiger partial charge in [0, 0.05) is 94.3 Å². The van der Waals surface area contributed by atoms with Crippen LogP contribution >= 0.6 is 22.9 Å². The fourth-order valence-electron chi connectivity index (χ4n) is 11.0. The van der Waals surface area contributed by atoms with Gasteiger partial charge in [0.2, 0.25) is 29.5 Å². The minimum absolute atomic E-state index is 0.00257. The fraction of sp³-hybridized carbons (Fsp3) is 0.419. The quantitative estimate of drug-likeness (QED) is 0.0458. The number of benzene rings is 4. The Morgan fingerprint density at radius 2 is 1.58 bits per heavy atom. The number of amides is 5. The summed E-state index contributed by atoms with van der Waals surface area (Å²) in [6, 6.07) is 22.2. The zero-order valence-corrected chi connectivity index (χ0v) is 49.2. The molecule has 6 aromatic rings. The summed E-state index contributed by atoms with van der Waals surface area (Å²) in [7, 11) is 1.52. The number of nitrogens with one attached hydrogen (secondary N) is 4. The molecule has 83 heavy (non-hydrogen) atoms. The van der Waals surface area contributed by atoms with E-state index in [1.165, 1.54) is 36.5 Å². The van der Waals surface area contributed by atoms with Crippen LogP contribution in [0, 0.1) is 18.2 Å². The predicted octanol–water partition coefficient (Wildman–Crippen LogP) is 8.08. The number of thiazole rings is 1. The number of piperidine rings is 1. The highest BCUT2D eigenvalue weighted by atomic mass is 35.5. The molecule has 3 atom stereocenters. The monoisotopic (exact) mass is 1170 g/mol. The largest absolute Gasteiger partial charge is 0.494 e. The minimum Gasteiger partial charge on any atom is -0.494 e. The van der Waals surface area contributed by atoms with Crippen LogP contribution in [0.2, 0.25) is 5.02 Å². The lowest BCUT2D eigenvalue weighted by molar-refractivity contribution is -0.144. The lowest BCUT2D eigenvalue weighted by Crippen LogP contribution is -2.57. The van der Waals surface area contributed by atoms with Crippen molar-refractivity contribution in [3.8, 4) is 16.2 Å². The van der Waals surface area contributed by atoms with Crippen LogP contribution in [0.4, 0.5) is 21.6 Å². The molecule has 5 N–H and O–H groups in total. The van der Waals surface area contributed by atoms with Crippen LogP contribution in [0.15, 0.2) is 103 Å². The molecule has 2 aromatic heterocycles. The zero-order chi connectivity index (χ0) is 58.8. The third-order valence-corrected chi connectivity index (χ3v) is 17.0. The SMILES string of the molecule is COc1cc2ncnc(Nc3ccc(F)c(Cl)c3)c2cc1NC(=O)/C=C/CN1CCC(N2CCN(C(=O)CCc3ccc(CCC(=O)NC(C(=O)N4C[C@H](O)C[C@H]4C(=O)NCc4ccc(-c5scnc5C)cc4)C(C)(C)C)cc3)CC2)CC1. The molecule has 1 unspecified atom stereocenters. The van der Waals surface area contributed by atoms with Gasteiger partial charge in [0.1, 0.15) is 35.8 Å². The molecule has 3 saturated heterocycles. The Hall–Kier alpha value is -7.36. The third kappa shape index (κ3) is 15.6. The van der Waals surface area contributed by atoms with Crippen LogP contribution in [-0.2, 0) is 43.4 Å². The number of rotatable bonds is 20. The van der Waals surface area contributed by atoms with Crippen molar-refractivity contribution in [2.45, 2.75) is 103 Å². The second kappa shape index (κ2) is 27.4. The molecule has 0 aliphatic carbocycles. The van der Waals surface area contributed by atoms with Gasteiger partial charge < -0.3 is 40.9 Å². The first-order chi connectivity index (χ1) is 39.9. The van der Waals surface area contributed by atoms with Crippen molar-refractivity contribution in [1.82, 2.24) is 45.2 Å². The second-order valence-electron chi connectivity index (χ2n) is 22.6. The van der Waals surface area contributed by atoms with Crippen molar-refractivity contribution in [3.05, 3.63) is 136 Å². The van der Waals surface area contributed by atoms with Crippen LogP contribution in [0.3, 0.4) is 0 Å². The summed E-state index contributed by atoms with van der Waals surface area (Å²) in [5, 5.41) is 23.2. The van der Waals surface area contributed by atoms with Crippen molar-refractivity contribution in [2.24, 2.45) is 5.41 Å². The molecular weight excluding hydrogens is 1100 g/mol. The molecular formula is C62H73ClFN11O7S. The average Bonchev–Trinajstić information content (AvgIpc) is 4.04. The van der Waals surface area contributed by atoms with Gasteiger partial charge >= 0.3 is 0 Å². The Kier molecular flexibility index (Phi) is 19.9. The predicted molar refractivity (Wildman–Crippen MR) is 321 cm³/mol. The van der Waals surface area contributed by atoms with Crippen molar-refractivity contribution in [3.63, 3.8) is 0 Å². The first kappa shape index (κ1) is 60.2. The number of ether oxygens (including phenoxy) is 1. The van der Waals surface area contributed by atoms with Gasteiger partial charge in [0.25, 0.3) is 0 Å². The number of aliphatic hydroxyl groups excluding tert-OH is 1. The Morgan fingerprint density at radius 3 is 2.24 bits per heavy atom. The van der Waals surface area contributed by atoms with Crippen molar-refractivity contribution < 1.29 is 38.2 Å². The number of piperazine rings is 1. The number of aliphatic hydroxyl groups is 1. The fourth-order valence-corrected chi connectivity index (χ4v) is 12.0. The van der Waals surface area contributed by atoms with E-state index in [9.17, 15) is 33.5 Å². The summed E-state index contributed by atoms with van der Waals surface area (Å²) >= 11 is 7.57. The number of anilines is 3. The van der Waals surface area contributed by atoms with E-state index < -0.39 is 35.3 Å². The first-order valence-electron chi connectivity index (χ1n) is 28.3. The number of aryl methyl sites for hydroxylation is 3. The van der Waals surface area contributed by atoms with E-state index in [0.717, 1.165) is 71.8 Å². The lowest BCUT2D eigenvalue weighted by Gasteiger charge is -2.42. The first-order valence-corrected chi connectivity index (χ1v) is 29.5. The smallest absolute Gasteiger partial charge is 0.248 e. The molecule has 3 fully saturated rings. The molecule has 3 aliphatic heterocycles. The number of carbonyl (C=O) groups is 5. The Labute approximate surface area is 492 Å². The van der Waals surface area contributed by atoms with Gasteiger partial charge in [-0.1, -0.05) is 87.0 Å². The summed E-state index contributed by atoms with van der Waals surface area (Å²) in [5.41, 5.74) is 7.61. The molecule has 5 heterocycles. The highest BCUT2D eigenvalue weighted by Gasteiger charge is 2.44. The van der Waals surface area contributed by atoms with E-state index in [4.69, 9.17) is 16.3 Å². The standard InChI is InChI=1S/C62H73ClFN11O7S/c1-39-57(83-38-68-39)43-16-12-42(13-17-43)35-65-60(80)52-32-46(76)36-75(52)61(81)58(62(2,3)4)71-55(78)20-14-40-8-10-41(11-9-40)15-21-56(79)74-29-27-73(28-30-74)45-22-25-72(26-23-45)24-6-7-54(77)70-51-33-47-50(34-53(51)82-5)66-37-67-59(47)69-44-18-19-49(64)48(63)31-44/h6-13,16-19,31,33-34,37-38,45-46,52,58,76H,14-15,20-30,32,35-36H2,1-5H3,(H,65,80)(H,70,77)(H,71,78)(H,66,67,69)/b7-6+/t46-,52+,58?/m1/s1. The van der Waals surface area contributed by atoms with Gasteiger partial charge in [-0.05, 0) is 97.6 Å². The van der Waals surface area contributed by atoms with Crippen LogP contribution in [0.1, 0.15) is 75.3 Å². The maximum atomic E-state index is 14.2. The van der Waals surface area contributed by atoms with Gasteiger partial charge in [-0.2, -0.15) is 0 Å². The zero-order valence-electron chi connectivity index (χ0n) is 47.6. The maximum absolute atomic E-state index is 14.2. The van der Waals surface area contributed by atoms with E-state index in [2.05, 4.69) is 46.0 Å². The molecule has 0 saturated carbocycles. The van der Waals surface area contributed by atoms with E-state index >= 15 is 0 Å². The third-order valence-electron chi connectivity index (χ3n) is 15.8. The van der Waals surface area contributed by atoms with Crippen LogP contribution < -0.4 is 26.0 Å². The Bertz CT molecular complexity index is 3300. The van der Waals surface area contributed by atoms with Crippen molar-refractivity contribution in [2.75, 3.05) is 70.1 Å². The topological polar surface area (TPSA) is 215 Å². The van der Waals surface area contributed by atoms with Crippen LogP contribution in [-0.4, -0.2) is 153 Å². The molecule has 5 amide bonds. The summed E-state index contributed by atoms with van der Waals surface area (Å²) in [5.74, 6) is -0.866. The number of aromatic nitrogens is 3. The van der Waals surface area contributed by atoms with E-state index in [0.29, 0.717) is 78.8 Å². The molecule has 438 valence electrons. The molecule has 0 bridgehead atoms. The number of carbonyl (C=O) groups excluding carboxylic acids is 5. The van der Waals surface area contributed by atoms with Crippen molar-refractivity contribution >= 4 is 80.6 Å². The van der Waals surface area contributed by atoms with Gasteiger partial charge in [-0.25, -0.2) is 19.3 Å². The van der Waals surface area contributed by atoms with Crippen molar-refractivity contribution in [1.29, 1.82) is 0 Å². The summed E-state index contributed by atoms with van der Waals surface area (Å²) in [6.45, 7) is 13.3. The molecule has 21 heteroatoms. The number of β-amino-alcohol motifs (C(OH)–C–C–N with tert-alkyl or cyclic N) is 1. The number of methoxy groups -OCH3 is 1.